The van der Waals surface area contributed by atoms with Crippen LogP contribution in [0.25, 0.3) is 11.4 Å². The van der Waals surface area contributed by atoms with Crippen LogP contribution in [0.2, 0.25) is 15.1 Å². The fourth-order valence-electron chi connectivity index (χ4n) is 3.26. The molecule has 0 saturated carbocycles. The van der Waals surface area contributed by atoms with Gasteiger partial charge in [-0.25, -0.2) is 4.68 Å². The van der Waals surface area contributed by atoms with Crippen LogP contribution >= 0.6 is 47.2 Å². The Morgan fingerprint density at radius 2 is 1.87 bits per heavy atom. The molecule has 1 aromatic heterocycles. The molecule has 4 rings (SSSR count). The Balaban J connectivity index is 0.00000272. The first-order chi connectivity index (χ1) is 14.6. The minimum Gasteiger partial charge on any atom is -0.492 e. The van der Waals surface area contributed by atoms with Gasteiger partial charge in [0.05, 0.1) is 29.8 Å². The molecule has 0 spiro atoms. The van der Waals surface area contributed by atoms with E-state index in [1.54, 1.807) is 10.7 Å². The molecule has 0 radical (unpaired) electrons. The lowest BCUT2D eigenvalue weighted by Crippen LogP contribution is -2.38. The number of benzene rings is 2. The van der Waals surface area contributed by atoms with E-state index in [1.165, 1.54) is 0 Å². The summed E-state index contributed by atoms with van der Waals surface area (Å²) in [5.74, 6) is 1.26. The van der Waals surface area contributed by atoms with E-state index in [1.807, 2.05) is 30.3 Å². The van der Waals surface area contributed by atoms with Crippen LogP contribution in [0.3, 0.4) is 0 Å². The number of hydrogen-bond donors (Lipinski definition) is 0. The second-order valence-electron chi connectivity index (χ2n) is 6.82. The summed E-state index contributed by atoms with van der Waals surface area (Å²) in [7, 11) is 0. The van der Waals surface area contributed by atoms with Crippen molar-refractivity contribution in [3.63, 3.8) is 0 Å². The van der Waals surface area contributed by atoms with Gasteiger partial charge in [0, 0.05) is 35.8 Å². The normalized spacial score (nSPS) is 14.3. The third-order valence-electron chi connectivity index (χ3n) is 4.84. The topological polar surface area (TPSA) is 65.3 Å². The summed E-state index contributed by atoms with van der Waals surface area (Å²) in [5, 5.41) is 13.5. The van der Waals surface area contributed by atoms with Crippen molar-refractivity contribution in [1.82, 2.24) is 25.1 Å². The molecule has 1 fully saturated rings. The molecular weight excluding hydrogens is 484 g/mol. The number of ether oxygens (including phenoxy) is 2. The quantitative estimate of drug-likeness (QED) is 0.472. The predicted molar refractivity (Wildman–Crippen MR) is 124 cm³/mol. The van der Waals surface area contributed by atoms with Crippen molar-refractivity contribution in [1.29, 1.82) is 0 Å². The Morgan fingerprint density at radius 3 is 2.68 bits per heavy atom. The molecule has 166 valence electrons. The van der Waals surface area contributed by atoms with Crippen LogP contribution in [0.1, 0.15) is 5.56 Å². The van der Waals surface area contributed by atoms with E-state index < -0.39 is 0 Å². The first-order valence-corrected chi connectivity index (χ1v) is 10.7. The van der Waals surface area contributed by atoms with Crippen LogP contribution < -0.4 is 4.74 Å². The molecule has 31 heavy (non-hydrogen) atoms. The Hall–Kier alpha value is -1.61. The molecule has 11 heteroatoms. The average molecular weight is 505 g/mol. The van der Waals surface area contributed by atoms with Crippen LogP contribution in [0.15, 0.2) is 36.4 Å². The van der Waals surface area contributed by atoms with Crippen molar-refractivity contribution in [2.75, 3.05) is 39.5 Å². The van der Waals surface area contributed by atoms with Crippen molar-refractivity contribution < 1.29 is 9.47 Å². The maximum absolute atomic E-state index is 6.36. The molecule has 0 N–H and O–H groups in total. The lowest BCUT2D eigenvalue weighted by molar-refractivity contribution is 0.0322. The smallest absolute Gasteiger partial charge is 0.183 e. The number of aromatic nitrogens is 4. The Bertz CT molecular complexity index is 1010. The van der Waals surface area contributed by atoms with Crippen molar-refractivity contribution in [3.8, 4) is 17.1 Å². The van der Waals surface area contributed by atoms with Gasteiger partial charge in [-0.3, -0.25) is 4.90 Å². The summed E-state index contributed by atoms with van der Waals surface area (Å²) in [4.78, 5) is 2.32. The van der Waals surface area contributed by atoms with Gasteiger partial charge in [-0.05, 0) is 40.8 Å². The van der Waals surface area contributed by atoms with E-state index in [-0.39, 0.29) is 12.4 Å². The highest BCUT2D eigenvalue weighted by Gasteiger charge is 2.17. The fourth-order valence-corrected chi connectivity index (χ4v) is 3.84. The van der Waals surface area contributed by atoms with Gasteiger partial charge in [0.15, 0.2) is 5.82 Å². The molecule has 2 heterocycles. The van der Waals surface area contributed by atoms with Crippen LogP contribution in [-0.4, -0.2) is 64.6 Å². The monoisotopic (exact) mass is 503 g/mol. The summed E-state index contributed by atoms with van der Waals surface area (Å²) in [6, 6.07) is 10.9. The second kappa shape index (κ2) is 11.3. The number of hydrogen-bond acceptors (Lipinski definition) is 6. The fraction of sp³-hybridized carbons (Fsp3) is 0.350. The van der Waals surface area contributed by atoms with Crippen molar-refractivity contribution >= 4 is 47.2 Å². The van der Waals surface area contributed by atoms with Gasteiger partial charge in [-0.2, -0.15) is 0 Å². The number of rotatable bonds is 7. The molecule has 0 amide bonds. The molecule has 2 aromatic carbocycles. The highest BCUT2D eigenvalue weighted by atomic mass is 35.5. The number of morpholine rings is 1. The molecule has 1 saturated heterocycles. The van der Waals surface area contributed by atoms with E-state index >= 15 is 0 Å². The molecule has 0 bridgehead atoms. The Morgan fingerprint density at radius 1 is 1.06 bits per heavy atom. The summed E-state index contributed by atoms with van der Waals surface area (Å²) < 4.78 is 13.1. The summed E-state index contributed by atoms with van der Waals surface area (Å²) in [5.41, 5.74) is 1.53. The van der Waals surface area contributed by atoms with Gasteiger partial charge >= 0.3 is 0 Å². The number of halogens is 4. The van der Waals surface area contributed by atoms with Crippen molar-refractivity contribution in [2.24, 2.45) is 0 Å². The molecule has 7 nitrogen and oxygen atoms in total. The Labute approximate surface area is 201 Å². The van der Waals surface area contributed by atoms with E-state index in [2.05, 4.69) is 20.4 Å². The summed E-state index contributed by atoms with van der Waals surface area (Å²) >= 11 is 18.7. The minimum absolute atomic E-state index is 0. The van der Waals surface area contributed by atoms with Gasteiger partial charge in [0.25, 0.3) is 0 Å². The molecule has 0 atom stereocenters. The third kappa shape index (κ3) is 6.00. The lowest BCUT2D eigenvalue weighted by Gasteiger charge is -2.26. The zero-order valence-electron chi connectivity index (χ0n) is 16.5. The zero-order chi connectivity index (χ0) is 20.9. The van der Waals surface area contributed by atoms with E-state index in [9.17, 15) is 0 Å². The zero-order valence-corrected chi connectivity index (χ0v) is 19.6. The first-order valence-electron chi connectivity index (χ1n) is 9.53. The van der Waals surface area contributed by atoms with Crippen LogP contribution in [0, 0.1) is 0 Å². The first kappa shape index (κ1) is 24.0. The van der Waals surface area contributed by atoms with Crippen molar-refractivity contribution in [2.45, 2.75) is 6.54 Å². The number of nitrogens with zero attached hydrogens (tertiary/aromatic N) is 5. The molecule has 1 aliphatic heterocycles. The predicted octanol–water partition coefficient (Wildman–Crippen LogP) is 4.48. The van der Waals surface area contributed by atoms with E-state index in [0.717, 1.165) is 44.2 Å². The molecule has 1 aliphatic rings. The standard InChI is InChI=1S/C20H20Cl3N5O2.ClH/c21-15-4-5-18(30-11-8-27-6-9-29-10-7-27)14(12-15)13-28-20(24-25-26-28)16-2-1-3-17(22)19(16)23;/h1-5,12H,6-11,13H2;1H. The number of tetrazole rings is 1. The van der Waals surface area contributed by atoms with E-state index in [4.69, 9.17) is 44.3 Å². The van der Waals surface area contributed by atoms with E-state index in [0.29, 0.717) is 39.6 Å². The maximum atomic E-state index is 6.36. The lowest BCUT2D eigenvalue weighted by atomic mass is 10.1. The SMILES string of the molecule is Cl.Clc1ccc(OCCN2CCOCC2)c(Cn2nnnc2-c2cccc(Cl)c2Cl)c1. The van der Waals surface area contributed by atoms with Crippen LogP contribution in [0.5, 0.6) is 5.75 Å². The van der Waals surface area contributed by atoms with Crippen LogP contribution in [-0.2, 0) is 11.3 Å². The summed E-state index contributed by atoms with van der Waals surface area (Å²) in [6.45, 7) is 5.15. The van der Waals surface area contributed by atoms with Gasteiger partial charge in [0.1, 0.15) is 12.4 Å². The molecule has 3 aromatic rings. The summed E-state index contributed by atoms with van der Waals surface area (Å²) in [6.07, 6.45) is 0. The van der Waals surface area contributed by atoms with Gasteiger partial charge in [0.2, 0.25) is 0 Å². The molecule has 0 unspecified atom stereocenters. The van der Waals surface area contributed by atoms with Crippen LogP contribution in [0.4, 0.5) is 0 Å². The second-order valence-corrected chi connectivity index (χ2v) is 8.04. The maximum Gasteiger partial charge on any atom is 0.183 e. The largest absolute Gasteiger partial charge is 0.492 e. The minimum atomic E-state index is 0. The molecular formula is C20H21Cl4N5O2. The van der Waals surface area contributed by atoms with Gasteiger partial charge < -0.3 is 9.47 Å². The van der Waals surface area contributed by atoms with Gasteiger partial charge in [-0.1, -0.05) is 40.9 Å². The highest BCUT2D eigenvalue weighted by molar-refractivity contribution is 6.43. The third-order valence-corrected chi connectivity index (χ3v) is 5.89. The highest BCUT2D eigenvalue weighted by Crippen LogP contribution is 2.33. The van der Waals surface area contributed by atoms with Crippen molar-refractivity contribution in [3.05, 3.63) is 57.0 Å². The average Bonchev–Trinajstić information content (AvgIpc) is 3.20. The molecule has 0 aliphatic carbocycles. The Kier molecular flexibility index (Phi) is 8.77. The van der Waals surface area contributed by atoms with Gasteiger partial charge in [-0.15, -0.1) is 17.5 Å².